The van der Waals surface area contributed by atoms with E-state index in [2.05, 4.69) is 10.6 Å². The Morgan fingerprint density at radius 3 is 3.06 bits per heavy atom. The van der Waals surface area contributed by atoms with Crippen LogP contribution in [0.2, 0.25) is 0 Å². The van der Waals surface area contributed by atoms with Gasteiger partial charge in [-0.25, -0.2) is 4.39 Å². The van der Waals surface area contributed by atoms with E-state index in [9.17, 15) is 14.0 Å². The zero-order valence-corrected chi connectivity index (χ0v) is 9.42. The van der Waals surface area contributed by atoms with E-state index < -0.39 is 11.7 Å². The molecular weight excluding hydrogens is 223 g/mol. The Morgan fingerprint density at radius 1 is 1.59 bits per heavy atom. The summed E-state index contributed by atoms with van der Waals surface area (Å²) in [6.07, 6.45) is 0.102. The zero-order valence-electron chi connectivity index (χ0n) is 9.42. The van der Waals surface area contributed by atoms with Crippen molar-refractivity contribution in [1.29, 1.82) is 0 Å². The van der Waals surface area contributed by atoms with E-state index in [1.54, 1.807) is 6.07 Å². The van der Waals surface area contributed by atoms with Crippen molar-refractivity contribution >= 4 is 17.5 Å². The first kappa shape index (κ1) is 11.6. The minimum Gasteiger partial charge on any atom is -0.356 e. The molecule has 2 amide bonds. The molecule has 0 bridgehead atoms. The Bertz CT molecular complexity index is 474. The first-order chi connectivity index (χ1) is 8.11. The van der Waals surface area contributed by atoms with Crippen molar-refractivity contribution in [2.24, 2.45) is 0 Å². The van der Waals surface area contributed by atoms with Gasteiger partial charge in [0.25, 0.3) is 0 Å². The van der Waals surface area contributed by atoms with Crippen molar-refractivity contribution < 1.29 is 14.0 Å². The number of nitrogens with one attached hydrogen (secondary N) is 2. The lowest BCUT2D eigenvalue weighted by Crippen LogP contribution is -2.34. The first-order valence-corrected chi connectivity index (χ1v) is 5.49. The molecule has 1 aromatic rings. The van der Waals surface area contributed by atoms with Crippen molar-refractivity contribution in [1.82, 2.24) is 5.32 Å². The average molecular weight is 236 g/mol. The van der Waals surface area contributed by atoms with Crippen LogP contribution in [0.1, 0.15) is 24.8 Å². The van der Waals surface area contributed by atoms with Crippen molar-refractivity contribution in [3.63, 3.8) is 0 Å². The second-order valence-corrected chi connectivity index (χ2v) is 3.93. The topological polar surface area (TPSA) is 58.2 Å². The highest BCUT2D eigenvalue weighted by Crippen LogP contribution is 2.32. The van der Waals surface area contributed by atoms with E-state index in [4.69, 9.17) is 0 Å². The molecule has 0 aliphatic carbocycles. The van der Waals surface area contributed by atoms with Crippen LogP contribution in [0.15, 0.2) is 18.2 Å². The summed E-state index contributed by atoms with van der Waals surface area (Å²) in [5, 5.41) is 5.25. The fraction of sp³-hybridized carbons (Fsp3) is 0.333. The van der Waals surface area contributed by atoms with Gasteiger partial charge in [-0.3, -0.25) is 9.59 Å². The predicted molar refractivity (Wildman–Crippen MR) is 61.1 cm³/mol. The van der Waals surface area contributed by atoms with Crippen LogP contribution in [-0.2, 0) is 9.59 Å². The normalized spacial score (nSPS) is 18.2. The predicted octanol–water partition coefficient (Wildman–Crippen LogP) is 1.39. The van der Waals surface area contributed by atoms with Gasteiger partial charge in [0.1, 0.15) is 5.82 Å². The molecule has 17 heavy (non-hydrogen) atoms. The lowest BCUT2D eigenvalue weighted by molar-refractivity contribution is -0.126. The molecule has 1 heterocycles. The number of halogens is 1. The molecule has 1 aliphatic heterocycles. The maximum atomic E-state index is 13.0. The van der Waals surface area contributed by atoms with Crippen LogP contribution in [0.3, 0.4) is 0 Å². The van der Waals surface area contributed by atoms with Gasteiger partial charge in [-0.2, -0.15) is 0 Å². The Kier molecular flexibility index (Phi) is 3.08. The van der Waals surface area contributed by atoms with Crippen LogP contribution < -0.4 is 10.6 Å². The van der Waals surface area contributed by atoms with Crippen LogP contribution in [0.25, 0.3) is 0 Å². The molecule has 1 atom stereocenters. The SMILES string of the molecule is CCNC(=O)C1CC(=O)Nc2cc(F)ccc21. The highest BCUT2D eigenvalue weighted by Gasteiger charge is 2.30. The number of hydrogen-bond acceptors (Lipinski definition) is 2. The summed E-state index contributed by atoms with van der Waals surface area (Å²) in [5.74, 6) is -1.42. The molecule has 1 unspecified atom stereocenters. The Labute approximate surface area is 98.2 Å². The van der Waals surface area contributed by atoms with E-state index in [-0.39, 0.29) is 18.2 Å². The molecule has 90 valence electrons. The van der Waals surface area contributed by atoms with Crippen molar-refractivity contribution in [2.45, 2.75) is 19.3 Å². The number of amides is 2. The van der Waals surface area contributed by atoms with Gasteiger partial charge in [-0.1, -0.05) is 6.07 Å². The maximum absolute atomic E-state index is 13.0. The van der Waals surface area contributed by atoms with Crippen LogP contribution in [0, 0.1) is 5.82 Å². The fourth-order valence-corrected chi connectivity index (χ4v) is 1.97. The molecule has 2 rings (SSSR count). The standard InChI is InChI=1S/C12H13FN2O2/c1-2-14-12(17)9-6-11(16)15-10-5-7(13)3-4-8(9)10/h3-5,9H,2,6H2,1H3,(H,14,17)(H,15,16). The molecule has 4 nitrogen and oxygen atoms in total. The third-order valence-electron chi connectivity index (χ3n) is 2.72. The summed E-state index contributed by atoms with van der Waals surface area (Å²) in [5.41, 5.74) is 1.05. The molecule has 0 saturated carbocycles. The fourth-order valence-electron chi connectivity index (χ4n) is 1.97. The molecular formula is C12H13FN2O2. The van der Waals surface area contributed by atoms with Gasteiger partial charge >= 0.3 is 0 Å². The summed E-state index contributed by atoms with van der Waals surface area (Å²) < 4.78 is 13.0. The minimum atomic E-state index is -0.528. The smallest absolute Gasteiger partial charge is 0.228 e. The maximum Gasteiger partial charge on any atom is 0.228 e. The molecule has 0 spiro atoms. The number of carbonyl (C=O) groups excluding carboxylic acids is 2. The summed E-state index contributed by atoms with van der Waals surface area (Å²) in [4.78, 5) is 23.2. The quantitative estimate of drug-likeness (QED) is 0.815. The minimum absolute atomic E-state index is 0.102. The molecule has 0 fully saturated rings. The van der Waals surface area contributed by atoms with Crippen molar-refractivity contribution in [3.8, 4) is 0 Å². The lowest BCUT2D eigenvalue weighted by Gasteiger charge is -2.24. The molecule has 0 radical (unpaired) electrons. The zero-order chi connectivity index (χ0) is 12.4. The second-order valence-electron chi connectivity index (χ2n) is 3.93. The Morgan fingerprint density at radius 2 is 2.35 bits per heavy atom. The highest BCUT2D eigenvalue weighted by molar-refractivity contribution is 6.01. The van der Waals surface area contributed by atoms with Gasteiger partial charge in [0.05, 0.1) is 5.92 Å². The summed E-state index contributed by atoms with van der Waals surface area (Å²) in [7, 11) is 0. The molecule has 5 heteroatoms. The van der Waals surface area contributed by atoms with Gasteiger partial charge in [0.2, 0.25) is 11.8 Å². The molecule has 1 aromatic carbocycles. The molecule has 0 saturated heterocycles. The number of likely N-dealkylation sites (N-methyl/N-ethyl adjacent to an activating group) is 1. The molecule has 0 aromatic heterocycles. The second kappa shape index (κ2) is 4.53. The summed E-state index contributed by atoms with van der Waals surface area (Å²) in [6.45, 7) is 2.32. The van der Waals surface area contributed by atoms with Crippen LogP contribution in [0.5, 0.6) is 0 Å². The van der Waals surface area contributed by atoms with E-state index in [0.717, 1.165) is 0 Å². The number of carbonyl (C=O) groups is 2. The van der Waals surface area contributed by atoms with Gasteiger partial charge in [0.15, 0.2) is 0 Å². The van der Waals surface area contributed by atoms with Crippen molar-refractivity contribution in [2.75, 3.05) is 11.9 Å². The third kappa shape index (κ3) is 2.27. The molecule has 2 N–H and O–H groups in total. The largest absolute Gasteiger partial charge is 0.356 e. The monoisotopic (exact) mass is 236 g/mol. The Balaban J connectivity index is 2.37. The van der Waals surface area contributed by atoms with E-state index in [1.165, 1.54) is 12.1 Å². The van der Waals surface area contributed by atoms with Gasteiger partial charge in [-0.05, 0) is 24.6 Å². The van der Waals surface area contributed by atoms with Gasteiger partial charge in [0, 0.05) is 18.7 Å². The van der Waals surface area contributed by atoms with Crippen LogP contribution in [-0.4, -0.2) is 18.4 Å². The summed E-state index contributed by atoms with van der Waals surface area (Å²) in [6, 6.07) is 4.07. The van der Waals surface area contributed by atoms with Crippen LogP contribution in [0.4, 0.5) is 10.1 Å². The van der Waals surface area contributed by atoms with Gasteiger partial charge < -0.3 is 10.6 Å². The van der Waals surface area contributed by atoms with Crippen molar-refractivity contribution in [3.05, 3.63) is 29.6 Å². The number of benzene rings is 1. The molecule has 1 aliphatic rings. The summed E-state index contributed by atoms with van der Waals surface area (Å²) >= 11 is 0. The highest BCUT2D eigenvalue weighted by atomic mass is 19.1. The number of fused-ring (bicyclic) bond motifs is 1. The number of anilines is 1. The number of hydrogen-bond donors (Lipinski definition) is 2. The third-order valence-corrected chi connectivity index (χ3v) is 2.72. The Hall–Kier alpha value is -1.91. The average Bonchev–Trinajstić information content (AvgIpc) is 2.27. The van der Waals surface area contributed by atoms with Gasteiger partial charge in [-0.15, -0.1) is 0 Å². The van der Waals surface area contributed by atoms with E-state index in [1.807, 2.05) is 6.92 Å². The van der Waals surface area contributed by atoms with E-state index in [0.29, 0.717) is 17.8 Å². The van der Waals surface area contributed by atoms with Crippen LogP contribution >= 0.6 is 0 Å². The first-order valence-electron chi connectivity index (χ1n) is 5.49. The lowest BCUT2D eigenvalue weighted by atomic mass is 9.90. The number of rotatable bonds is 2. The van der Waals surface area contributed by atoms with E-state index >= 15 is 0 Å².